The van der Waals surface area contributed by atoms with Crippen molar-refractivity contribution in [1.29, 1.82) is 0 Å². The first-order chi connectivity index (χ1) is 13.8. The van der Waals surface area contributed by atoms with Gasteiger partial charge in [0.2, 0.25) is 5.89 Å². The Bertz CT molecular complexity index is 877. The number of aromatic nitrogens is 4. The first kappa shape index (κ1) is 18.2. The minimum absolute atomic E-state index is 0.0553. The third-order valence-corrected chi connectivity index (χ3v) is 4.94. The second kappa shape index (κ2) is 8.69. The van der Waals surface area contributed by atoms with Crippen LogP contribution < -0.4 is 5.32 Å². The number of carbonyl (C=O) groups is 1. The molecule has 0 radical (unpaired) electrons. The van der Waals surface area contributed by atoms with Gasteiger partial charge in [-0.1, -0.05) is 35.5 Å². The molecule has 2 N–H and O–H groups in total. The number of aromatic amines is 1. The molecule has 3 aromatic rings. The zero-order chi connectivity index (χ0) is 19.2. The highest BCUT2D eigenvalue weighted by Crippen LogP contribution is 2.24. The fourth-order valence-electron chi connectivity index (χ4n) is 3.52. The number of urea groups is 1. The third kappa shape index (κ3) is 4.57. The molecule has 1 aliphatic heterocycles. The fourth-order valence-corrected chi connectivity index (χ4v) is 3.52. The van der Waals surface area contributed by atoms with Gasteiger partial charge in [0.25, 0.3) is 0 Å². The number of likely N-dealkylation sites (tertiary alicyclic amines) is 1. The molecule has 1 aliphatic rings. The summed E-state index contributed by atoms with van der Waals surface area (Å²) in [5.41, 5.74) is 1.14. The van der Waals surface area contributed by atoms with Gasteiger partial charge in [0.05, 0.1) is 0 Å². The highest BCUT2D eigenvalue weighted by atomic mass is 16.5. The molecule has 28 heavy (non-hydrogen) atoms. The van der Waals surface area contributed by atoms with Crippen molar-refractivity contribution in [3.63, 3.8) is 0 Å². The summed E-state index contributed by atoms with van der Waals surface area (Å²) in [6.07, 6.45) is 6.76. The molecule has 146 valence electrons. The van der Waals surface area contributed by atoms with Crippen molar-refractivity contribution < 1.29 is 9.32 Å². The fraction of sp³-hybridized carbons (Fsp3) is 0.400. The molecule has 1 atom stereocenters. The third-order valence-electron chi connectivity index (χ3n) is 4.94. The van der Waals surface area contributed by atoms with Crippen molar-refractivity contribution in [3.05, 3.63) is 65.8 Å². The lowest BCUT2D eigenvalue weighted by Crippen LogP contribution is -2.45. The van der Waals surface area contributed by atoms with Crippen molar-refractivity contribution in [1.82, 2.24) is 30.3 Å². The van der Waals surface area contributed by atoms with Crippen LogP contribution in [0.1, 0.15) is 41.9 Å². The standard InChI is InChI=1S/C20H24N6O2/c27-20(26-12-4-7-16(14-26)19-21-10-11-22-19)23-9-8-18-24-17(25-28-18)13-15-5-2-1-3-6-15/h1-3,5-6,10-11,16H,4,7-9,12-14H2,(H,21,22)(H,23,27)/t16-/m1/s1. The maximum Gasteiger partial charge on any atom is 0.317 e. The zero-order valence-electron chi connectivity index (χ0n) is 15.7. The summed E-state index contributed by atoms with van der Waals surface area (Å²) in [4.78, 5) is 26.2. The number of carbonyl (C=O) groups excluding carboxylic acids is 1. The Morgan fingerprint density at radius 2 is 2.21 bits per heavy atom. The maximum atomic E-state index is 12.5. The van der Waals surface area contributed by atoms with Crippen molar-refractivity contribution in [2.75, 3.05) is 19.6 Å². The molecule has 1 saturated heterocycles. The van der Waals surface area contributed by atoms with Gasteiger partial charge in [-0.3, -0.25) is 0 Å². The molecule has 0 unspecified atom stereocenters. The molecule has 0 aliphatic carbocycles. The number of benzene rings is 1. The molecule has 0 saturated carbocycles. The van der Waals surface area contributed by atoms with Crippen LogP contribution in [0.2, 0.25) is 0 Å². The second-order valence-electron chi connectivity index (χ2n) is 7.01. The van der Waals surface area contributed by atoms with Gasteiger partial charge >= 0.3 is 6.03 Å². The summed E-state index contributed by atoms with van der Waals surface area (Å²) in [6.45, 7) is 1.92. The Balaban J connectivity index is 1.23. The molecule has 8 heteroatoms. The minimum atomic E-state index is -0.0553. The van der Waals surface area contributed by atoms with Crippen LogP contribution in [0.15, 0.2) is 47.2 Å². The van der Waals surface area contributed by atoms with Crippen molar-refractivity contribution in [2.24, 2.45) is 0 Å². The highest BCUT2D eigenvalue weighted by Gasteiger charge is 2.26. The Hall–Kier alpha value is -3.16. The van der Waals surface area contributed by atoms with E-state index in [-0.39, 0.29) is 11.9 Å². The van der Waals surface area contributed by atoms with Crippen molar-refractivity contribution >= 4 is 6.03 Å². The van der Waals surface area contributed by atoms with Crippen LogP contribution in [0, 0.1) is 0 Å². The van der Waals surface area contributed by atoms with E-state index in [9.17, 15) is 4.79 Å². The van der Waals surface area contributed by atoms with E-state index in [0.29, 0.717) is 37.6 Å². The van der Waals surface area contributed by atoms with Gasteiger partial charge in [-0.25, -0.2) is 9.78 Å². The summed E-state index contributed by atoms with van der Waals surface area (Å²) < 4.78 is 5.29. The van der Waals surface area contributed by atoms with Gasteiger partial charge in [0.1, 0.15) is 5.82 Å². The lowest BCUT2D eigenvalue weighted by molar-refractivity contribution is 0.178. The van der Waals surface area contributed by atoms with Gasteiger partial charge in [-0.05, 0) is 18.4 Å². The Kier molecular flexibility index (Phi) is 5.65. The van der Waals surface area contributed by atoms with Crippen LogP contribution in [0.5, 0.6) is 0 Å². The average Bonchev–Trinajstić information content (AvgIpc) is 3.41. The number of rotatable bonds is 6. The highest BCUT2D eigenvalue weighted by molar-refractivity contribution is 5.74. The number of imidazole rings is 1. The molecule has 1 aromatic carbocycles. The lowest BCUT2D eigenvalue weighted by atomic mass is 9.98. The molecule has 2 amide bonds. The monoisotopic (exact) mass is 380 g/mol. The van der Waals surface area contributed by atoms with Crippen LogP contribution in [0.25, 0.3) is 0 Å². The average molecular weight is 380 g/mol. The largest absolute Gasteiger partial charge is 0.348 e. The van der Waals surface area contributed by atoms with Gasteiger partial charge in [0, 0.05) is 50.8 Å². The maximum absolute atomic E-state index is 12.5. The number of H-pyrrole nitrogens is 1. The quantitative estimate of drug-likeness (QED) is 0.684. The van der Waals surface area contributed by atoms with Crippen molar-refractivity contribution in [3.8, 4) is 0 Å². The van der Waals surface area contributed by atoms with E-state index in [4.69, 9.17) is 4.52 Å². The molecule has 2 aromatic heterocycles. The normalized spacial score (nSPS) is 16.9. The van der Waals surface area contributed by atoms with Crippen LogP contribution in [0.3, 0.4) is 0 Å². The molecular formula is C20H24N6O2. The van der Waals surface area contributed by atoms with E-state index in [2.05, 4.69) is 25.4 Å². The van der Waals surface area contributed by atoms with E-state index < -0.39 is 0 Å². The summed E-state index contributed by atoms with van der Waals surface area (Å²) >= 11 is 0. The minimum Gasteiger partial charge on any atom is -0.348 e. The van der Waals surface area contributed by atoms with Crippen molar-refractivity contribution in [2.45, 2.75) is 31.6 Å². The summed E-state index contributed by atoms with van der Waals surface area (Å²) in [7, 11) is 0. The summed E-state index contributed by atoms with van der Waals surface area (Å²) in [5, 5.41) is 6.97. The number of piperidine rings is 1. The smallest absolute Gasteiger partial charge is 0.317 e. The van der Waals surface area contributed by atoms with Gasteiger partial charge in [-0.2, -0.15) is 4.98 Å². The number of nitrogens with zero attached hydrogens (tertiary/aromatic N) is 4. The number of nitrogens with one attached hydrogen (secondary N) is 2. The van der Waals surface area contributed by atoms with Crippen LogP contribution in [-0.2, 0) is 12.8 Å². The predicted octanol–water partition coefficient (Wildman–Crippen LogP) is 2.52. The predicted molar refractivity (Wildman–Crippen MR) is 103 cm³/mol. The van der Waals surface area contributed by atoms with E-state index in [1.165, 1.54) is 0 Å². The Labute approximate surface area is 163 Å². The van der Waals surface area contributed by atoms with Gasteiger partial charge in [-0.15, -0.1) is 0 Å². The number of hydrogen-bond donors (Lipinski definition) is 2. The molecule has 8 nitrogen and oxygen atoms in total. The van der Waals surface area contributed by atoms with Crippen LogP contribution in [-0.4, -0.2) is 50.7 Å². The SMILES string of the molecule is O=C(NCCc1nc(Cc2ccccc2)no1)N1CCC[C@@H](c2ncc[nH]2)C1. The first-order valence-corrected chi connectivity index (χ1v) is 9.65. The Morgan fingerprint density at radius 3 is 3.04 bits per heavy atom. The molecular weight excluding hydrogens is 356 g/mol. The van der Waals surface area contributed by atoms with E-state index in [1.54, 1.807) is 6.20 Å². The summed E-state index contributed by atoms with van der Waals surface area (Å²) in [5.74, 6) is 2.42. The molecule has 0 bridgehead atoms. The molecule has 4 rings (SSSR count). The van der Waals surface area contributed by atoms with E-state index >= 15 is 0 Å². The second-order valence-corrected chi connectivity index (χ2v) is 7.01. The van der Waals surface area contributed by atoms with Gasteiger partial charge < -0.3 is 19.7 Å². The zero-order valence-corrected chi connectivity index (χ0v) is 15.7. The van der Waals surface area contributed by atoms with E-state index in [1.807, 2.05) is 41.4 Å². The number of hydrogen-bond acceptors (Lipinski definition) is 5. The molecule has 3 heterocycles. The number of amides is 2. The molecule has 1 fully saturated rings. The van der Waals surface area contributed by atoms with Crippen LogP contribution >= 0.6 is 0 Å². The lowest BCUT2D eigenvalue weighted by Gasteiger charge is -2.31. The Morgan fingerprint density at radius 1 is 1.32 bits per heavy atom. The first-order valence-electron chi connectivity index (χ1n) is 9.65. The topological polar surface area (TPSA) is 99.9 Å². The van der Waals surface area contributed by atoms with E-state index in [0.717, 1.165) is 30.8 Å². The van der Waals surface area contributed by atoms with Crippen LogP contribution in [0.4, 0.5) is 4.79 Å². The molecule has 0 spiro atoms. The van der Waals surface area contributed by atoms with Gasteiger partial charge in [0.15, 0.2) is 5.82 Å². The summed E-state index contributed by atoms with van der Waals surface area (Å²) in [6, 6.07) is 9.97.